The molecule has 0 fully saturated rings. The highest BCUT2D eigenvalue weighted by Gasteiger charge is 2.02. The summed E-state index contributed by atoms with van der Waals surface area (Å²) in [5, 5.41) is 3.46. The molecule has 120 valence electrons. The topological polar surface area (TPSA) is 38.3 Å². The summed E-state index contributed by atoms with van der Waals surface area (Å²) < 4.78 is 18.4. The third-order valence-corrected chi connectivity index (χ3v) is 3.48. The van der Waals surface area contributed by atoms with Crippen LogP contribution in [-0.4, -0.2) is 19.6 Å². The van der Waals surface area contributed by atoms with E-state index in [2.05, 4.69) is 5.32 Å². The number of amides is 1. The van der Waals surface area contributed by atoms with E-state index in [1.807, 2.05) is 24.3 Å². The van der Waals surface area contributed by atoms with Gasteiger partial charge in [0.05, 0.1) is 7.11 Å². The predicted octanol–water partition coefficient (Wildman–Crippen LogP) is 3.86. The standard InChI is InChI=1S/C18H17ClFNO2/c1-23-17-8-4-14(12-16(17)20)5-9-18(22)21-11-10-13-2-6-15(19)7-3-13/h2-9,12H,10-11H2,1H3,(H,21,22)/b9-5+. The Kier molecular flexibility index (Phi) is 6.18. The maximum Gasteiger partial charge on any atom is 0.244 e. The zero-order valence-corrected chi connectivity index (χ0v) is 13.4. The van der Waals surface area contributed by atoms with Crippen LogP contribution in [0.2, 0.25) is 5.02 Å². The molecule has 1 amide bonds. The van der Waals surface area contributed by atoms with Gasteiger partial charge >= 0.3 is 0 Å². The Balaban J connectivity index is 1.82. The number of methoxy groups -OCH3 is 1. The van der Waals surface area contributed by atoms with Crippen molar-refractivity contribution in [2.75, 3.05) is 13.7 Å². The van der Waals surface area contributed by atoms with Crippen LogP contribution in [-0.2, 0) is 11.2 Å². The third kappa shape index (κ3) is 5.42. The molecule has 0 aromatic heterocycles. The second kappa shape index (κ2) is 8.34. The van der Waals surface area contributed by atoms with Crippen LogP contribution >= 0.6 is 11.6 Å². The van der Waals surface area contributed by atoms with Crippen LogP contribution in [0.3, 0.4) is 0 Å². The first-order valence-electron chi connectivity index (χ1n) is 7.12. The first-order valence-corrected chi connectivity index (χ1v) is 7.50. The van der Waals surface area contributed by atoms with E-state index in [9.17, 15) is 9.18 Å². The SMILES string of the molecule is COc1ccc(/C=C/C(=O)NCCc2ccc(Cl)cc2)cc1F. The summed E-state index contributed by atoms with van der Waals surface area (Å²) >= 11 is 5.81. The lowest BCUT2D eigenvalue weighted by Gasteiger charge is -2.03. The van der Waals surface area contributed by atoms with E-state index < -0.39 is 5.82 Å². The van der Waals surface area contributed by atoms with Gasteiger partial charge in [-0.1, -0.05) is 29.8 Å². The van der Waals surface area contributed by atoms with Crippen LogP contribution in [0.1, 0.15) is 11.1 Å². The molecule has 2 aromatic rings. The highest BCUT2D eigenvalue weighted by molar-refractivity contribution is 6.30. The minimum absolute atomic E-state index is 0.176. The Morgan fingerprint density at radius 3 is 2.65 bits per heavy atom. The Morgan fingerprint density at radius 1 is 1.26 bits per heavy atom. The lowest BCUT2D eigenvalue weighted by molar-refractivity contribution is -0.116. The molecular weight excluding hydrogens is 317 g/mol. The zero-order valence-electron chi connectivity index (χ0n) is 12.7. The second-order valence-corrected chi connectivity index (χ2v) is 5.33. The van der Waals surface area contributed by atoms with Crippen molar-refractivity contribution in [3.63, 3.8) is 0 Å². The first-order chi connectivity index (χ1) is 11.1. The number of ether oxygens (including phenoxy) is 1. The van der Waals surface area contributed by atoms with Gasteiger partial charge in [0.25, 0.3) is 0 Å². The van der Waals surface area contributed by atoms with E-state index in [1.165, 1.54) is 25.3 Å². The molecule has 0 saturated carbocycles. The molecule has 5 heteroatoms. The molecule has 0 bridgehead atoms. The van der Waals surface area contributed by atoms with Gasteiger partial charge in [-0.2, -0.15) is 0 Å². The molecule has 0 radical (unpaired) electrons. The summed E-state index contributed by atoms with van der Waals surface area (Å²) in [5.74, 6) is -0.512. The Labute approximate surface area is 139 Å². The molecule has 2 rings (SSSR count). The average molecular weight is 334 g/mol. The van der Waals surface area contributed by atoms with Gasteiger partial charge in [0.15, 0.2) is 11.6 Å². The van der Waals surface area contributed by atoms with Gasteiger partial charge < -0.3 is 10.1 Å². The van der Waals surface area contributed by atoms with Gasteiger partial charge in [-0.15, -0.1) is 0 Å². The van der Waals surface area contributed by atoms with Gasteiger partial charge in [-0.05, 0) is 47.9 Å². The number of hydrogen-bond donors (Lipinski definition) is 1. The summed E-state index contributed by atoms with van der Waals surface area (Å²) in [4.78, 5) is 11.7. The van der Waals surface area contributed by atoms with Gasteiger partial charge in [0, 0.05) is 17.6 Å². The van der Waals surface area contributed by atoms with Gasteiger partial charge in [-0.25, -0.2) is 4.39 Å². The predicted molar refractivity (Wildman–Crippen MR) is 90.2 cm³/mol. The highest BCUT2D eigenvalue weighted by Crippen LogP contribution is 2.18. The van der Waals surface area contributed by atoms with Crippen molar-refractivity contribution < 1.29 is 13.9 Å². The van der Waals surface area contributed by atoms with Crippen LogP contribution in [0.4, 0.5) is 4.39 Å². The lowest BCUT2D eigenvalue weighted by Crippen LogP contribution is -2.23. The molecule has 0 spiro atoms. The molecule has 0 unspecified atom stereocenters. The largest absolute Gasteiger partial charge is 0.494 e. The molecule has 3 nitrogen and oxygen atoms in total. The summed E-state index contributed by atoms with van der Waals surface area (Å²) in [6, 6.07) is 12.0. The van der Waals surface area contributed by atoms with Crippen LogP contribution in [0, 0.1) is 5.82 Å². The van der Waals surface area contributed by atoms with Crippen molar-refractivity contribution in [3.8, 4) is 5.75 Å². The fraction of sp³-hybridized carbons (Fsp3) is 0.167. The quantitative estimate of drug-likeness (QED) is 0.815. The number of halogens is 2. The Morgan fingerprint density at radius 2 is 2.00 bits per heavy atom. The maximum atomic E-state index is 13.5. The number of carbonyl (C=O) groups excluding carboxylic acids is 1. The van der Waals surface area contributed by atoms with E-state index in [0.29, 0.717) is 23.6 Å². The van der Waals surface area contributed by atoms with Crippen LogP contribution in [0.15, 0.2) is 48.5 Å². The number of nitrogens with one attached hydrogen (secondary N) is 1. The molecule has 0 atom stereocenters. The van der Waals surface area contributed by atoms with E-state index in [1.54, 1.807) is 12.1 Å². The molecule has 0 heterocycles. The molecule has 1 N–H and O–H groups in total. The van der Waals surface area contributed by atoms with E-state index in [4.69, 9.17) is 16.3 Å². The summed E-state index contributed by atoms with van der Waals surface area (Å²) in [6.07, 6.45) is 3.65. The zero-order chi connectivity index (χ0) is 16.7. The number of hydrogen-bond acceptors (Lipinski definition) is 2. The van der Waals surface area contributed by atoms with E-state index >= 15 is 0 Å². The normalized spacial score (nSPS) is 10.7. The minimum Gasteiger partial charge on any atom is -0.494 e. The molecular formula is C18H17ClFNO2. The summed E-state index contributed by atoms with van der Waals surface area (Å²) in [7, 11) is 1.40. The van der Waals surface area contributed by atoms with Crippen molar-refractivity contribution in [1.82, 2.24) is 5.32 Å². The van der Waals surface area contributed by atoms with Crippen LogP contribution in [0.5, 0.6) is 5.75 Å². The van der Waals surface area contributed by atoms with Gasteiger partial charge in [0.1, 0.15) is 0 Å². The molecule has 23 heavy (non-hydrogen) atoms. The van der Waals surface area contributed by atoms with Crippen LogP contribution < -0.4 is 10.1 Å². The summed E-state index contributed by atoms with van der Waals surface area (Å²) in [6.45, 7) is 0.516. The fourth-order valence-corrected chi connectivity index (χ4v) is 2.12. The Hall–Kier alpha value is -2.33. The second-order valence-electron chi connectivity index (χ2n) is 4.89. The van der Waals surface area contributed by atoms with Gasteiger partial charge in [0.2, 0.25) is 5.91 Å². The molecule has 0 saturated heterocycles. The van der Waals surface area contributed by atoms with Crippen LogP contribution in [0.25, 0.3) is 6.08 Å². The molecule has 0 aliphatic heterocycles. The van der Waals surface area contributed by atoms with Crippen molar-refractivity contribution >= 4 is 23.6 Å². The number of carbonyl (C=O) groups is 1. The third-order valence-electron chi connectivity index (χ3n) is 3.23. The van der Waals surface area contributed by atoms with Gasteiger partial charge in [-0.3, -0.25) is 4.79 Å². The Bertz CT molecular complexity index is 699. The maximum absolute atomic E-state index is 13.5. The smallest absolute Gasteiger partial charge is 0.244 e. The summed E-state index contributed by atoms with van der Waals surface area (Å²) in [5.41, 5.74) is 1.69. The van der Waals surface area contributed by atoms with Crippen molar-refractivity contribution in [2.24, 2.45) is 0 Å². The monoisotopic (exact) mass is 333 g/mol. The highest BCUT2D eigenvalue weighted by atomic mass is 35.5. The van der Waals surface area contributed by atoms with Crippen molar-refractivity contribution in [2.45, 2.75) is 6.42 Å². The molecule has 0 aliphatic carbocycles. The molecule has 0 aliphatic rings. The first kappa shape index (κ1) is 17.0. The number of rotatable bonds is 6. The number of benzene rings is 2. The van der Waals surface area contributed by atoms with E-state index in [0.717, 1.165) is 5.56 Å². The van der Waals surface area contributed by atoms with Crippen molar-refractivity contribution in [1.29, 1.82) is 0 Å². The molecule has 2 aromatic carbocycles. The minimum atomic E-state index is -0.460. The van der Waals surface area contributed by atoms with E-state index in [-0.39, 0.29) is 11.7 Å². The lowest BCUT2D eigenvalue weighted by atomic mass is 10.1. The fourth-order valence-electron chi connectivity index (χ4n) is 2.00. The average Bonchev–Trinajstić information content (AvgIpc) is 2.55. The van der Waals surface area contributed by atoms with Crippen molar-refractivity contribution in [3.05, 3.63) is 70.5 Å².